The first-order chi connectivity index (χ1) is 22.1. The normalized spacial score (nSPS) is 11.4. The molecule has 2 N–H and O–H groups in total. The third kappa shape index (κ3) is 7.20. The maximum absolute atomic E-state index is 12.0. The lowest BCUT2D eigenvalue weighted by Crippen LogP contribution is -2.23. The summed E-state index contributed by atoms with van der Waals surface area (Å²) in [4.78, 5) is 29.9. The minimum atomic E-state index is -1.33. The quantitative estimate of drug-likeness (QED) is 0.0832. The lowest BCUT2D eigenvalue weighted by molar-refractivity contribution is -0.129. The molecular formula is C33H25N5O5S2. The molecule has 45 heavy (non-hydrogen) atoms. The molecule has 0 radical (unpaired) electrons. The van der Waals surface area contributed by atoms with Gasteiger partial charge in [-0.2, -0.15) is 0 Å². The van der Waals surface area contributed by atoms with E-state index in [9.17, 15) is 15.1 Å². The third-order valence-corrected chi connectivity index (χ3v) is 8.35. The molecule has 0 spiro atoms. The Morgan fingerprint density at radius 2 is 1.16 bits per heavy atom. The number of carbonyl (C=O) groups is 1. The van der Waals surface area contributed by atoms with Crippen molar-refractivity contribution in [2.45, 2.75) is 19.1 Å². The van der Waals surface area contributed by atoms with Crippen molar-refractivity contribution < 1.29 is 24.6 Å². The number of aromatic nitrogens is 4. The van der Waals surface area contributed by atoms with Crippen LogP contribution in [0.4, 0.5) is 0 Å². The van der Waals surface area contributed by atoms with Crippen molar-refractivity contribution in [1.82, 2.24) is 19.9 Å². The summed E-state index contributed by atoms with van der Waals surface area (Å²) in [5.41, 5.74) is 3.99. The Morgan fingerprint density at radius 1 is 0.689 bits per heavy atom. The van der Waals surface area contributed by atoms with Crippen molar-refractivity contribution in [2.24, 2.45) is 5.16 Å². The van der Waals surface area contributed by atoms with E-state index in [1.54, 1.807) is 60.9 Å². The number of hydrogen-bond donors (Lipinski definition) is 2. The van der Waals surface area contributed by atoms with Gasteiger partial charge in [-0.15, -0.1) is 22.7 Å². The molecule has 2 aromatic carbocycles. The number of thiazole rings is 2. The Balaban J connectivity index is 1.12. The van der Waals surface area contributed by atoms with Gasteiger partial charge in [0, 0.05) is 23.2 Å². The molecule has 4 heterocycles. The molecular weight excluding hydrogens is 611 g/mol. The van der Waals surface area contributed by atoms with Crippen LogP contribution < -0.4 is 9.47 Å². The van der Waals surface area contributed by atoms with Gasteiger partial charge < -0.3 is 19.8 Å². The number of ether oxygens (including phenoxy) is 2. The van der Waals surface area contributed by atoms with E-state index in [2.05, 4.69) is 25.1 Å². The number of oxime groups is 1. The number of hydrogen-bond acceptors (Lipinski definition) is 11. The number of nitrogens with zero attached hydrogens (tertiary/aromatic N) is 5. The second-order valence-corrected chi connectivity index (χ2v) is 11.5. The monoisotopic (exact) mass is 635 g/mol. The van der Waals surface area contributed by atoms with Gasteiger partial charge in [0.2, 0.25) is 0 Å². The predicted molar refractivity (Wildman–Crippen MR) is 171 cm³/mol. The number of benzene rings is 2. The van der Waals surface area contributed by atoms with Crippen LogP contribution in [0.2, 0.25) is 0 Å². The first-order valence-corrected chi connectivity index (χ1v) is 15.5. The van der Waals surface area contributed by atoms with Gasteiger partial charge in [0.25, 0.3) is 0 Å². The molecule has 6 rings (SSSR count). The van der Waals surface area contributed by atoms with Gasteiger partial charge in [-0.3, -0.25) is 9.97 Å². The summed E-state index contributed by atoms with van der Waals surface area (Å²) in [6.45, 7) is 0.539. The predicted octanol–water partition coefficient (Wildman–Crippen LogP) is 6.93. The molecule has 0 bridgehead atoms. The van der Waals surface area contributed by atoms with Crippen molar-refractivity contribution in [3.05, 3.63) is 129 Å². The van der Waals surface area contributed by atoms with Crippen molar-refractivity contribution >= 4 is 34.4 Å². The average Bonchev–Trinajstić information content (AvgIpc) is 3.77. The molecule has 0 saturated heterocycles. The summed E-state index contributed by atoms with van der Waals surface area (Å²) in [5.74, 6) is -0.998. The Morgan fingerprint density at radius 3 is 1.53 bits per heavy atom. The molecule has 0 saturated carbocycles. The highest BCUT2D eigenvalue weighted by molar-refractivity contribution is 7.10. The Labute approximate surface area is 266 Å². The zero-order chi connectivity index (χ0) is 31.0. The van der Waals surface area contributed by atoms with Crippen molar-refractivity contribution in [1.29, 1.82) is 0 Å². The van der Waals surface area contributed by atoms with Crippen LogP contribution in [-0.4, -0.2) is 41.9 Å². The van der Waals surface area contributed by atoms with E-state index in [4.69, 9.17) is 9.47 Å². The highest BCUT2D eigenvalue weighted by atomic mass is 32.1. The summed E-state index contributed by atoms with van der Waals surface area (Å²) in [5, 5.41) is 28.0. The topological polar surface area (TPSA) is 140 Å². The van der Waals surface area contributed by atoms with Crippen LogP contribution in [0.25, 0.3) is 22.8 Å². The summed E-state index contributed by atoms with van der Waals surface area (Å²) in [7, 11) is 0. The van der Waals surface area contributed by atoms with E-state index < -0.39 is 17.6 Å². The molecule has 0 aliphatic carbocycles. The fourth-order valence-corrected chi connectivity index (χ4v) is 5.95. The highest BCUT2D eigenvalue weighted by Crippen LogP contribution is 2.31. The van der Waals surface area contributed by atoms with Gasteiger partial charge >= 0.3 is 5.97 Å². The number of rotatable bonds is 12. The highest BCUT2D eigenvalue weighted by Gasteiger charge is 2.27. The molecule has 0 aliphatic heterocycles. The largest absolute Gasteiger partial charge is 0.486 e. The van der Waals surface area contributed by atoms with Crippen molar-refractivity contribution in [3.8, 4) is 34.3 Å². The first kappa shape index (κ1) is 29.6. The van der Waals surface area contributed by atoms with Crippen LogP contribution in [0.3, 0.4) is 0 Å². The van der Waals surface area contributed by atoms with E-state index in [-0.39, 0.29) is 13.2 Å². The summed E-state index contributed by atoms with van der Waals surface area (Å²) in [6, 6.07) is 25.3. The van der Waals surface area contributed by atoms with Crippen LogP contribution in [0.1, 0.15) is 27.1 Å². The van der Waals surface area contributed by atoms with E-state index in [1.165, 1.54) is 22.7 Å². The van der Waals surface area contributed by atoms with E-state index >= 15 is 0 Å². The van der Waals surface area contributed by atoms with Gasteiger partial charge in [0.15, 0.2) is 5.71 Å². The second-order valence-electron chi connectivity index (χ2n) is 9.62. The zero-order valence-corrected chi connectivity index (χ0v) is 25.2. The molecule has 10 nitrogen and oxygen atoms in total. The van der Waals surface area contributed by atoms with Crippen molar-refractivity contribution in [2.75, 3.05) is 0 Å². The zero-order valence-electron chi connectivity index (χ0n) is 23.6. The van der Waals surface area contributed by atoms with Crippen LogP contribution in [0.5, 0.6) is 11.5 Å². The SMILES string of the molecule is O=C(O)C(=NO)C(c1ccc(OCc2nc(-c3ccccn3)cs2)cc1)c1ccc(OCc2nc(-c3ccccn3)cs2)cc1. The number of pyridine rings is 2. The van der Waals surface area contributed by atoms with E-state index in [0.29, 0.717) is 22.6 Å². The van der Waals surface area contributed by atoms with Crippen LogP contribution >= 0.6 is 22.7 Å². The molecule has 0 atom stereocenters. The van der Waals surface area contributed by atoms with Gasteiger partial charge in [-0.25, -0.2) is 14.8 Å². The smallest absolute Gasteiger partial charge is 0.354 e. The molecule has 0 amide bonds. The molecule has 0 fully saturated rings. The number of carboxylic acid groups (broad SMARTS) is 1. The molecule has 4 aromatic heterocycles. The summed E-state index contributed by atoms with van der Waals surface area (Å²) >= 11 is 2.96. The summed E-state index contributed by atoms with van der Waals surface area (Å²) in [6.07, 6.45) is 3.45. The minimum Gasteiger partial charge on any atom is -0.486 e. The van der Waals surface area contributed by atoms with E-state index in [0.717, 1.165) is 32.8 Å². The molecule has 6 aromatic rings. The second kappa shape index (κ2) is 13.9. The standard InChI is InChI=1S/C33H25N5O5S2/c39-33(40)32(38-41)31(21-7-11-23(12-8-21)42-17-29-36-27(19-44-29)25-5-1-3-15-34-25)22-9-13-24(14-10-22)43-18-30-37-28(20-45-30)26-6-2-4-16-35-26/h1-16,19-20,31,41H,17-18H2,(H,39,40). The van der Waals surface area contributed by atoms with Crippen LogP contribution in [-0.2, 0) is 18.0 Å². The molecule has 224 valence electrons. The van der Waals surface area contributed by atoms with Crippen LogP contribution in [0, 0.1) is 0 Å². The lowest BCUT2D eigenvalue weighted by Gasteiger charge is -2.18. The molecule has 12 heteroatoms. The van der Waals surface area contributed by atoms with Gasteiger partial charge in [-0.05, 0) is 59.7 Å². The maximum Gasteiger partial charge on any atom is 0.354 e. The Kier molecular flexibility index (Phi) is 9.14. The molecule has 0 aliphatic rings. The average molecular weight is 636 g/mol. The Bertz CT molecular complexity index is 1770. The van der Waals surface area contributed by atoms with Gasteiger partial charge in [0.1, 0.15) is 34.7 Å². The fourth-order valence-electron chi connectivity index (χ4n) is 4.55. The minimum absolute atomic E-state index is 0.270. The van der Waals surface area contributed by atoms with Crippen molar-refractivity contribution in [3.63, 3.8) is 0 Å². The lowest BCUT2D eigenvalue weighted by atomic mass is 9.87. The third-order valence-electron chi connectivity index (χ3n) is 6.71. The van der Waals surface area contributed by atoms with E-state index in [1.807, 2.05) is 47.2 Å². The maximum atomic E-state index is 12.0. The number of carboxylic acids is 1. The van der Waals surface area contributed by atoms with Crippen LogP contribution in [0.15, 0.2) is 113 Å². The first-order valence-electron chi connectivity index (χ1n) is 13.7. The molecule has 0 unspecified atom stereocenters. The fraction of sp³-hybridized carbons (Fsp3) is 0.0909. The van der Waals surface area contributed by atoms with Gasteiger partial charge in [0.05, 0.1) is 28.7 Å². The summed E-state index contributed by atoms with van der Waals surface area (Å²) < 4.78 is 11.9. The number of aliphatic carboxylic acids is 1. The Hall–Kier alpha value is -5.46. The van der Waals surface area contributed by atoms with Gasteiger partial charge in [-0.1, -0.05) is 41.6 Å².